The highest BCUT2D eigenvalue weighted by atomic mass is 16.7. The van der Waals surface area contributed by atoms with Crippen molar-refractivity contribution in [3.63, 3.8) is 0 Å². The monoisotopic (exact) mass is 897 g/mol. The maximum atomic E-state index is 13.3. The van der Waals surface area contributed by atoms with E-state index in [1.54, 1.807) is 0 Å². The maximum Gasteiger partial charge on any atom is 0.407 e. The summed E-state index contributed by atoms with van der Waals surface area (Å²) in [5, 5.41) is 77.2. The average molecular weight is 897 g/mol. The average Bonchev–Trinajstić information content (AvgIpc) is 3.60. The minimum Gasteiger partial charge on any atom is -0.446 e. The summed E-state index contributed by atoms with van der Waals surface area (Å²) in [5.41, 5.74) is 20.4. The van der Waals surface area contributed by atoms with Crippen LogP contribution in [-0.2, 0) is 23.7 Å². The van der Waals surface area contributed by atoms with Crippen LogP contribution in [-0.4, -0.2) is 153 Å². The first kappa shape index (κ1) is 49.4. The second kappa shape index (κ2) is 20.0. The molecule has 0 radical (unpaired) electrons. The number of allylic oxidation sites excluding steroid dienone is 1. The van der Waals surface area contributed by atoms with Gasteiger partial charge >= 0.3 is 6.09 Å². The Kier molecular flexibility index (Phi) is 15.6. The van der Waals surface area contributed by atoms with E-state index in [1.807, 2.05) is 0 Å². The second-order valence-corrected chi connectivity index (χ2v) is 21.5. The number of hydrogen-bond acceptors (Lipinski definition) is 16. The largest absolute Gasteiger partial charge is 0.446 e. The molecule has 1 amide bonds. The van der Waals surface area contributed by atoms with E-state index in [9.17, 15) is 40.5 Å². The van der Waals surface area contributed by atoms with Crippen LogP contribution in [0.3, 0.4) is 0 Å². The molecule has 17 heteroatoms. The van der Waals surface area contributed by atoms with Gasteiger partial charge in [0.25, 0.3) is 0 Å². The highest BCUT2D eigenvalue weighted by Crippen LogP contribution is 2.67. The summed E-state index contributed by atoms with van der Waals surface area (Å²) >= 11 is 0. The number of carbonyl (C=O) groups excluding carboxylic acids is 1. The van der Waals surface area contributed by atoms with Crippen molar-refractivity contribution in [1.29, 1.82) is 0 Å². The van der Waals surface area contributed by atoms with E-state index in [0.29, 0.717) is 23.7 Å². The third-order valence-electron chi connectivity index (χ3n) is 17.2. The molecule has 0 bridgehead atoms. The summed E-state index contributed by atoms with van der Waals surface area (Å²) in [5.74, 6) is 4.42. The Morgan fingerprint density at radius 3 is 2.14 bits per heavy atom. The number of rotatable bonds is 13. The Morgan fingerprint density at radius 2 is 1.48 bits per heavy atom. The van der Waals surface area contributed by atoms with Crippen LogP contribution >= 0.6 is 0 Å². The van der Waals surface area contributed by atoms with Gasteiger partial charge in [0.05, 0.1) is 12.6 Å². The molecule has 23 atom stereocenters. The number of nitrogens with one attached hydrogen (secondary N) is 1. The SMILES string of the molecule is CC(C)CCCC(C)C1CCC2C3CC=C4CC(OC(=O)NC[C@@H]5O[C@H](O[C@@H]6[C@H](O)C(OC7O[C@H](CO)[C@@H](O)[C@H](N)[C@H]7O)[C@H](N)C[C@@H]6N)[C@@H](O)[C@H](O)[C@H]5O)CCC4(C)C3CCC12C. The maximum absolute atomic E-state index is 13.3. The minimum atomic E-state index is -1.78. The van der Waals surface area contributed by atoms with Crippen LogP contribution in [0.15, 0.2) is 11.6 Å². The Balaban J connectivity index is 0.917. The van der Waals surface area contributed by atoms with Gasteiger partial charge in [-0.25, -0.2) is 4.79 Å². The van der Waals surface area contributed by atoms with Crippen LogP contribution < -0.4 is 22.5 Å². The predicted octanol–water partition coefficient (Wildman–Crippen LogP) is 0.886. The fourth-order valence-electron chi connectivity index (χ4n) is 13.5. The first-order chi connectivity index (χ1) is 29.8. The molecule has 14 N–H and O–H groups in total. The molecule has 362 valence electrons. The number of aliphatic hydroxyl groups excluding tert-OH is 7. The molecule has 10 unspecified atom stereocenters. The first-order valence-corrected chi connectivity index (χ1v) is 24.0. The molecule has 7 rings (SSSR count). The predicted molar refractivity (Wildman–Crippen MR) is 230 cm³/mol. The van der Waals surface area contributed by atoms with Gasteiger partial charge in [0.2, 0.25) is 0 Å². The van der Waals surface area contributed by atoms with Gasteiger partial charge in [-0.05, 0) is 97.7 Å². The van der Waals surface area contributed by atoms with Crippen LogP contribution in [0, 0.1) is 46.3 Å². The number of hydrogen-bond donors (Lipinski definition) is 11. The number of carbonyl (C=O) groups is 1. The van der Waals surface area contributed by atoms with E-state index in [1.165, 1.54) is 50.5 Å². The lowest BCUT2D eigenvalue weighted by Crippen LogP contribution is -2.68. The van der Waals surface area contributed by atoms with Crippen LogP contribution in [0.4, 0.5) is 4.79 Å². The summed E-state index contributed by atoms with van der Waals surface area (Å²) in [4.78, 5) is 13.3. The van der Waals surface area contributed by atoms with Crippen molar-refractivity contribution in [2.75, 3.05) is 13.2 Å². The molecule has 17 nitrogen and oxygen atoms in total. The quantitative estimate of drug-likeness (QED) is 0.114. The van der Waals surface area contributed by atoms with E-state index in [2.05, 4.69) is 46.0 Å². The van der Waals surface area contributed by atoms with E-state index in [-0.39, 0.29) is 24.5 Å². The van der Waals surface area contributed by atoms with E-state index in [4.69, 9.17) is 40.9 Å². The van der Waals surface area contributed by atoms with Crippen LogP contribution in [0.5, 0.6) is 0 Å². The van der Waals surface area contributed by atoms with Crippen LogP contribution in [0.25, 0.3) is 0 Å². The lowest BCUT2D eigenvalue weighted by molar-refractivity contribution is -0.332. The minimum absolute atomic E-state index is 0.0368. The zero-order valence-corrected chi connectivity index (χ0v) is 38.0. The van der Waals surface area contributed by atoms with Gasteiger partial charge in [-0.1, -0.05) is 65.5 Å². The molecule has 4 saturated carbocycles. The Labute approximate surface area is 372 Å². The van der Waals surface area contributed by atoms with Crippen molar-refractivity contribution in [3.8, 4) is 0 Å². The van der Waals surface area contributed by atoms with Crippen LogP contribution in [0.2, 0.25) is 0 Å². The van der Waals surface area contributed by atoms with Gasteiger partial charge < -0.3 is 81.9 Å². The lowest BCUT2D eigenvalue weighted by atomic mass is 9.47. The summed E-state index contributed by atoms with van der Waals surface area (Å²) in [6, 6.07) is -3.04. The smallest absolute Gasteiger partial charge is 0.407 e. The third kappa shape index (κ3) is 9.76. The summed E-state index contributed by atoms with van der Waals surface area (Å²) in [6.07, 6.45) is -3.58. The molecule has 2 heterocycles. The van der Waals surface area contributed by atoms with E-state index < -0.39 is 104 Å². The van der Waals surface area contributed by atoms with Gasteiger partial charge in [0, 0.05) is 25.0 Å². The molecule has 6 fully saturated rings. The van der Waals surface area contributed by atoms with Crippen molar-refractivity contribution in [2.45, 2.75) is 210 Å². The zero-order valence-electron chi connectivity index (χ0n) is 38.0. The fraction of sp³-hybridized carbons (Fsp3) is 0.935. The van der Waals surface area contributed by atoms with Gasteiger partial charge in [0.15, 0.2) is 12.6 Å². The standard InChI is InChI=1S/C46H80N4O13/c1-21(2)7-6-8-22(3)26-11-12-27-25-10-9-23-17-24(13-15-45(23,4)28(25)14-16-46(26,27)5)59-44(58)50-19-31-35(53)37(55)38(56)43(60-31)63-41-30(48)18-29(47)40(39(41)57)62-42-36(54)33(49)34(52)32(20-51)61-42/h9,21-22,24-43,51-57H,6-8,10-20,47-49H2,1-5H3,(H,50,58)/t22?,24?,25?,26?,27?,28?,29-,30+,31+,32-,33+,34-,35+,36-,37-,38+,39-,40?,41+,42?,43-,45?,46?/m1/s1. The second-order valence-electron chi connectivity index (χ2n) is 21.5. The highest BCUT2D eigenvalue weighted by Gasteiger charge is 2.59. The Morgan fingerprint density at radius 1 is 0.810 bits per heavy atom. The highest BCUT2D eigenvalue weighted by molar-refractivity contribution is 5.67. The molecular weight excluding hydrogens is 817 g/mol. The molecule has 0 aromatic carbocycles. The Bertz CT molecular complexity index is 1580. The van der Waals surface area contributed by atoms with E-state index in [0.717, 1.165) is 42.9 Å². The number of fused-ring (bicyclic) bond motifs is 5. The molecule has 7 aliphatic rings. The van der Waals surface area contributed by atoms with E-state index >= 15 is 0 Å². The lowest BCUT2D eigenvalue weighted by Gasteiger charge is -2.58. The number of aliphatic hydroxyl groups is 7. The van der Waals surface area contributed by atoms with Gasteiger partial charge in [0.1, 0.15) is 67.1 Å². The molecule has 0 aromatic rings. The Hall–Kier alpha value is -1.55. The normalized spacial score (nSPS) is 49.3. The van der Waals surface area contributed by atoms with Crippen molar-refractivity contribution in [3.05, 3.63) is 11.6 Å². The summed E-state index contributed by atoms with van der Waals surface area (Å²) in [7, 11) is 0. The summed E-state index contributed by atoms with van der Waals surface area (Å²) < 4.78 is 29.2. The van der Waals surface area contributed by atoms with Crippen molar-refractivity contribution in [1.82, 2.24) is 5.32 Å². The fourth-order valence-corrected chi connectivity index (χ4v) is 13.5. The number of amides is 1. The van der Waals surface area contributed by atoms with Crippen LogP contribution in [0.1, 0.15) is 112 Å². The van der Waals surface area contributed by atoms with Gasteiger partial charge in [-0.15, -0.1) is 0 Å². The molecular formula is C46H80N4O13. The number of ether oxygens (including phenoxy) is 5. The molecule has 5 aliphatic carbocycles. The third-order valence-corrected chi connectivity index (χ3v) is 17.2. The first-order valence-electron chi connectivity index (χ1n) is 24.0. The number of alkyl carbamates (subject to hydrolysis) is 1. The number of nitrogens with two attached hydrogens (primary N) is 3. The van der Waals surface area contributed by atoms with Crippen molar-refractivity contribution in [2.24, 2.45) is 63.5 Å². The molecule has 63 heavy (non-hydrogen) atoms. The zero-order chi connectivity index (χ0) is 45.7. The topological polar surface area (TPSA) is 295 Å². The van der Waals surface area contributed by atoms with Crippen molar-refractivity contribution >= 4 is 6.09 Å². The summed E-state index contributed by atoms with van der Waals surface area (Å²) in [6.45, 7) is 11.3. The molecule has 2 saturated heterocycles. The molecule has 0 aromatic heterocycles. The van der Waals surface area contributed by atoms with Crippen molar-refractivity contribution < 1.29 is 64.2 Å². The van der Waals surface area contributed by atoms with Gasteiger partial charge in [-0.2, -0.15) is 0 Å². The molecule has 0 spiro atoms. The molecule has 2 aliphatic heterocycles. The van der Waals surface area contributed by atoms with Gasteiger partial charge in [-0.3, -0.25) is 0 Å².